The van der Waals surface area contributed by atoms with Crippen molar-refractivity contribution in [2.45, 2.75) is 19.8 Å². The fourth-order valence-corrected chi connectivity index (χ4v) is 4.11. The van der Waals surface area contributed by atoms with Crippen LogP contribution >= 0.6 is 12.4 Å². The number of halogens is 1. The van der Waals surface area contributed by atoms with Gasteiger partial charge >= 0.3 is 0 Å². The second-order valence-electron chi connectivity index (χ2n) is 4.76. The SMILES string of the molecule is CC1CCN(S(=O)(=O)N2CCCNCC2)C1.Cl. The Bertz CT molecular complexity index is 328. The Labute approximate surface area is 110 Å². The highest BCUT2D eigenvalue weighted by Crippen LogP contribution is 2.21. The highest BCUT2D eigenvalue weighted by Gasteiger charge is 2.33. The summed E-state index contributed by atoms with van der Waals surface area (Å²) in [6.45, 7) is 6.43. The molecular formula is C10H22ClN3O2S. The molecule has 102 valence electrons. The van der Waals surface area contributed by atoms with E-state index in [0.717, 1.165) is 25.9 Å². The summed E-state index contributed by atoms with van der Waals surface area (Å²) in [4.78, 5) is 0. The summed E-state index contributed by atoms with van der Waals surface area (Å²) >= 11 is 0. The zero-order valence-electron chi connectivity index (χ0n) is 10.3. The highest BCUT2D eigenvalue weighted by molar-refractivity contribution is 7.86. The lowest BCUT2D eigenvalue weighted by Crippen LogP contribution is -2.44. The maximum absolute atomic E-state index is 12.3. The molecule has 0 radical (unpaired) electrons. The molecule has 2 saturated heterocycles. The second kappa shape index (κ2) is 6.33. The molecule has 0 aromatic heterocycles. The third kappa shape index (κ3) is 3.54. The number of hydrogen-bond acceptors (Lipinski definition) is 3. The van der Waals surface area contributed by atoms with E-state index in [-0.39, 0.29) is 12.4 Å². The zero-order valence-corrected chi connectivity index (χ0v) is 11.9. The minimum absolute atomic E-state index is 0. The average molecular weight is 284 g/mol. The van der Waals surface area contributed by atoms with Crippen LogP contribution in [0.3, 0.4) is 0 Å². The summed E-state index contributed by atoms with van der Waals surface area (Å²) in [5.74, 6) is 0.500. The molecule has 0 bridgehead atoms. The smallest absolute Gasteiger partial charge is 0.282 e. The first-order valence-corrected chi connectivity index (χ1v) is 7.46. The maximum Gasteiger partial charge on any atom is 0.282 e. The summed E-state index contributed by atoms with van der Waals surface area (Å²) < 4.78 is 27.9. The van der Waals surface area contributed by atoms with E-state index in [9.17, 15) is 8.42 Å². The van der Waals surface area contributed by atoms with E-state index in [1.165, 1.54) is 0 Å². The molecule has 0 spiro atoms. The lowest BCUT2D eigenvalue weighted by atomic mass is 10.2. The molecule has 0 aromatic carbocycles. The van der Waals surface area contributed by atoms with Crippen LogP contribution < -0.4 is 5.32 Å². The average Bonchev–Trinajstić information content (AvgIpc) is 2.54. The van der Waals surface area contributed by atoms with Gasteiger partial charge in [0.15, 0.2) is 0 Å². The van der Waals surface area contributed by atoms with Crippen LogP contribution in [-0.4, -0.2) is 56.3 Å². The van der Waals surface area contributed by atoms with Crippen molar-refractivity contribution in [3.05, 3.63) is 0 Å². The van der Waals surface area contributed by atoms with Crippen LogP contribution in [0.5, 0.6) is 0 Å². The van der Waals surface area contributed by atoms with E-state index in [1.54, 1.807) is 8.61 Å². The van der Waals surface area contributed by atoms with Gasteiger partial charge in [0.1, 0.15) is 0 Å². The first kappa shape index (κ1) is 15.2. The zero-order chi connectivity index (χ0) is 11.6. The normalized spacial score (nSPS) is 28.6. The molecule has 2 rings (SSSR count). The molecule has 1 N–H and O–H groups in total. The van der Waals surface area contributed by atoms with Gasteiger partial charge in [-0.1, -0.05) is 6.92 Å². The molecule has 2 heterocycles. The van der Waals surface area contributed by atoms with Crippen molar-refractivity contribution >= 4 is 22.6 Å². The van der Waals surface area contributed by atoms with Crippen molar-refractivity contribution in [2.75, 3.05) is 39.3 Å². The van der Waals surface area contributed by atoms with E-state index in [4.69, 9.17) is 0 Å². The molecule has 0 saturated carbocycles. The number of rotatable bonds is 2. The minimum Gasteiger partial charge on any atom is -0.315 e. The monoisotopic (exact) mass is 283 g/mol. The quantitative estimate of drug-likeness (QED) is 0.793. The van der Waals surface area contributed by atoms with Crippen molar-refractivity contribution in [1.82, 2.24) is 13.9 Å². The van der Waals surface area contributed by atoms with Crippen LogP contribution in [0.1, 0.15) is 19.8 Å². The van der Waals surface area contributed by atoms with E-state index in [2.05, 4.69) is 12.2 Å². The van der Waals surface area contributed by atoms with E-state index in [0.29, 0.717) is 32.1 Å². The topological polar surface area (TPSA) is 52.7 Å². The Hall–Kier alpha value is 0.120. The lowest BCUT2D eigenvalue weighted by Gasteiger charge is -2.25. The van der Waals surface area contributed by atoms with Crippen LogP contribution in [0.2, 0.25) is 0 Å². The van der Waals surface area contributed by atoms with Gasteiger partial charge in [-0.25, -0.2) is 0 Å². The van der Waals surface area contributed by atoms with Gasteiger partial charge in [-0.05, 0) is 25.3 Å². The number of nitrogens with zero attached hydrogens (tertiary/aromatic N) is 2. The summed E-state index contributed by atoms with van der Waals surface area (Å²) in [5.41, 5.74) is 0. The fraction of sp³-hybridized carbons (Fsp3) is 1.00. The molecule has 2 aliphatic heterocycles. The Morgan fingerprint density at radius 3 is 2.53 bits per heavy atom. The number of nitrogens with one attached hydrogen (secondary N) is 1. The van der Waals surface area contributed by atoms with Crippen LogP contribution in [0.25, 0.3) is 0 Å². The first-order chi connectivity index (χ1) is 7.60. The Morgan fingerprint density at radius 2 is 1.88 bits per heavy atom. The molecule has 17 heavy (non-hydrogen) atoms. The molecule has 2 fully saturated rings. The Kier molecular flexibility index (Phi) is 5.66. The van der Waals surface area contributed by atoms with Crippen LogP contribution in [0.4, 0.5) is 0 Å². The summed E-state index contributed by atoms with van der Waals surface area (Å²) in [7, 11) is -3.19. The molecule has 1 unspecified atom stereocenters. The summed E-state index contributed by atoms with van der Waals surface area (Å²) in [6, 6.07) is 0. The van der Waals surface area contributed by atoms with Gasteiger partial charge in [-0.15, -0.1) is 12.4 Å². The van der Waals surface area contributed by atoms with Crippen molar-refractivity contribution in [1.29, 1.82) is 0 Å². The van der Waals surface area contributed by atoms with Crippen molar-refractivity contribution in [3.8, 4) is 0 Å². The molecule has 7 heteroatoms. The van der Waals surface area contributed by atoms with Gasteiger partial charge in [0.05, 0.1) is 0 Å². The second-order valence-corrected chi connectivity index (χ2v) is 6.69. The van der Waals surface area contributed by atoms with Crippen LogP contribution in [0, 0.1) is 5.92 Å². The molecule has 0 aliphatic carbocycles. The first-order valence-electron chi connectivity index (χ1n) is 6.06. The standard InChI is InChI=1S/C10H21N3O2S.ClH/c1-10-3-7-13(9-10)16(14,15)12-6-2-4-11-5-8-12;/h10-11H,2-9H2,1H3;1H. The van der Waals surface area contributed by atoms with Gasteiger partial charge in [0, 0.05) is 32.7 Å². The van der Waals surface area contributed by atoms with Crippen LogP contribution in [0.15, 0.2) is 0 Å². The highest BCUT2D eigenvalue weighted by atomic mass is 35.5. The molecular weight excluding hydrogens is 262 g/mol. The molecule has 2 aliphatic rings. The van der Waals surface area contributed by atoms with Crippen molar-refractivity contribution in [2.24, 2.45) is 5.92 Å². The molecule has 1 atom stereocenters. The van der Waals surface area contributed by atoms with Gasteiger partial charge < -0.3 is 5.32 Å². The summed E-state index contributed by atoms with van der Waals surface area (Å²) in [6.07, 6.45) is 1.90. The Balaban J connectivity index is 0.00000144. The maximum atomic E-state index is 12.3. The summed E-state index contributed by atoms with van der Waals surface area (Å²) in [5, 5.41) is 3.22. The third-order valence-corrected chi connectivity index (χ3v) is 5.34. The van der Waals surface area contributed by atoms with Gasteiger partial charge in [0.25, 0.3) is 10.2 Å². The molecule has 0 aromatic rings. The lowest BCUT2D eigenvalue weighted by molar-refractivity contribution is 0.368. The van der Waals surface area contributed by atoms with E-state index in [1.807, 2.05) is 0 Å². The van der Waals surface area contributed by atoms with Crippen molar-refractivity contribution < 1.29 is 8.42 Å². The van der Waals surface area contributed by atoms with E-state index >= 15 is 0 Å². The molecule has 0 amide bonds. The third-order valence-electron chi connectivity index (χ3n) is 3.34. The number of hydrogen-bond donors (Lipinski definition) is 1. The van der Waals surface area contributed by atoms with Gasteiger partial charge in [-0.2, -0.15) is 17.0 Å². The van der Waals surface area contributed by atoms with Crippen LogP contribution in [-0.2, 0) is 10.2 Å². The minimum atomic E-state index is -3.19. The predicted molar refractivity (Wildman–Crippen MR) is 70.6 cm³/mol. The largest absolute Gasteiger partial charge is 0.315 e. The van der Waals surface area contributed by atoms with E-state index < -0.39 is 10.2 Å². The molecule has 5 nitrogen and oxygen atoms in total. The predicted octanol–water partition coefficient (Wildman–Crippen LogP) is 0.290. The van der Waals surface area contributed by atoms with Gasteiger partial charge in [0.2, 0.25) is 0 Å². The Morgan fingerprint density at radius 1 is 1.12 bits per heavy atom. The fourth-order valence-electron chi connectivity index (χ4n) is 2.32. The van der Waals surface area contributed by atoms with Gasteiger partial charge in [-0.3, -0.25) is 0 Å². The van der Waals surface area contributed by atoms with Crippen molar-refractivity contribution in [3.63, 3.8) is 0 Å².